The van der Waals surface area contributed by atoms with E-state index in [1.165, 1.54) is 19.1 Å². The zero-order valence-corrected chi connectivity index (χ0v) is 14.0. The van der Waals surface area contributed by atoms with Crippen molar-refractivity contribution in [1.29, 1.82) is 0 Å². The Kier molecular flexibility index (Phi) is 4.89. The molecule has 0 aromatic carbocycles. The molecule has 2 N–H and O–H groups in total. The Bertz CT molecular complexity index is 634. The predicted octanol–water partition coefficient (Wildman–Crippen LogP) is 1.79. The van der Waals surface area contributed by atoms with Gasteiger partial charge in [-0.3, -0.25) is 0 Å². The van der Waals surface area contributed by atoms with E-state index in [-0.39, 0.29) is 12.6 Å². The van der Waals surface area contributed by atoms with Gasteiger partial charge in [-0.1, -0.05) is 0 Å². The zero-order chi connectivity index (χ0) is 17.1. The van der Waals surface area contributed by atoms with Gasteiger partial charge in [0.25, 0.3) is 0 Å². The maximum absolute atomic E-state index is 12.5. The molecule has 0 saturated heterocycles. The monoisotopic (exact) mass is 333 g/mol. The quantitative estimate of drug-likeness (QED) is 0.743. The van der Waals surface area contributed by atoms with Crippen molar-refractivity contribution in [3.05, 3.63) is 35.4 Å². The second kappa shape index (κ2) is 7.09. The molecule has 0 radical (unpaired) electrons. The van der Waals surface area contributed by atoms with E-state index in [2.05, 4.69) is 15.5 Å². The van der Waals surface area contributed by atoms with Gasteiger partial charge in [0.2, 0.25) is 0 Å². The molecule has 2 amide bonds. The molecule has 1 aliphatic heterocycles. The van der Waals surface area contributed by atoms with Gasteiger partial charge in [0.05, 0.1) is 18.4 Å². The van der Waals surface area contributed by atoms with Crippen LogP contribution in [0, 0.1) is 5.92 Å². The minimum atomic E-state index is -0.642. The van der Waals surface area contributed by atoms with Gasteiger partial charge in [0.15, 0.2) is 0 Å². The number of carbonyl (C=O) groups excluding carboxylic acids is 2. The average Bonchev–Trinajstić information content (AvgIpc) is 3.15. The predicted molar refractivity (Wildman–Crippen MR) is 87.0 cm³/mol. The molecule has 2 aliphatic rings. The summed E-state index contributed by atoms with van der Waals surface area (Å²) >= 11 is 0. The summed E-state index contributed by atoms with van der Waals surface area (Å²) < 4.78 is 10.6. The third-order valence-electron chi connectivity index (χ3n) is 4.17. The lowest BCUT2D eigenvalue weighted by atomic mass is 10.00. The van der Waals surface area contributed by atoms with Crippen LogP contribution < -0.4 is 10.6 Å². The number of hydrogen-bond donors (Lipinski definition) is 2. The molecule has 1 fully saturated rings. The lowest BCUT2D eigenvalue weighted by Crippen LogP contribution is -2.48. The Balaban J connectivity index is 1.90. The molecule has 1 aliphatic carbocycles. The van der Waals surface area contributed by atoms with E-state index >= 15 is 0 Å². The highest BCUT2D eigenvalue weighted by atomic mass is 16.5. The van der Waals surface area contributed by atoms with Gasteiger partial charge >= 0.3 is 12.0 Å². The number of urea groups is 1. The van der Waals surface area contributed by atoms with Crippen LogP contribution in [0.3, 0.4) is 0 Å². The molecule has 3 rings (SSSR count). The summed E-state index contributed by atoms with van der Waals surface area (Å²) in [5.41, 5.74) is 0.968. The molecule has 1 unspecified atom stereocenters. The molecule has 1 aromatic heterocycles. The van der Waals surface area contributed by atoms with E-state index < -0.39 is 12.0 Å². The number of nitrogens with one attached hydrogen (secondary N) is 2. The van der Waals surface area contributed by atoms with Crippen molar-refractivity contribution in [2.24, 2.45) is 5.92 Å². The Labute approximate surface area is 141 Å². The number of ether oxygens (including phenoxy) is 1. The molecule has 24 heavy (non-hydrogen) atoms. The third kappa shape index (κ3) is 3.79. The first-order valence-electron chi connectivity index (χ1n) is 8.28. The molecule has 7 nitrogen and oxygen atoms in total. The van der Waals surface area contributed by atoms with E-state index in [0.717, 1.165) is 12.5 Å². The van der Waals surface area contributed by atoms with Crippen LogP contribution in [0.1, 0.15) is 31.6 Å². The first-order valence-corrected chi connectivity index (χ1v) is 8.28. The summed E-state index contributed by atoms with van der Waals surface area (Å²) in [5, 5.41) is 5.51. The molecule has 2 heterocycles. The smallest absolute Gasteiger partial charge is 0.338 e. The van der Waals surface area contributed by atoms with Crippen LogP contribution in [0.2, 0.25) is 0 Å². The highest BCUT2D eigenvalue weighted by molar-refractivity contribution is 5.95. The van der Waals surface area contributed by atoms with Gasteiger partial charge in [-0.05, 0) is 44.9 Å². The zero-order valence-electron chi connectivity index (χ0n) is 14.0. The van der Waals surface area contributed by atoms with Gasteiger partial charge in [-0.2, -0.15) is 0 Å². The molecule has 7 heteroatoms. The number of rotatable bonds is 7. The largest absolute Gasteiger partial charge is 0.467 e. The van der Waals surface area contributed by atoms with Crippen molar-refractivity contribution >= 4 is 12.0 Å². The van der Waals surface area contributed by atoms with Gasteiger partial charge in [-0.15, -0.1) is 0 Å². The molecule has 0 spiro atoms. The molecule has 1 aromatic rings. The summed E-state index contributed by atoms with van der Waals surface area (Å²) in [4.78, 5) is 26.7. The third-order valence-corrected chi connectivity index (χ3v) is 4.17. The van der Waals surface area contributed by atoms with Crippen LogP contribution >= 0.6 is 0 Å². The second-order valence-corrected chi connectivity index (χ2v) is 6.30. The van der Waals surface area contributed by atoms with Crippen molar-refractivity contribution in [1.82, 2.24) is 15.5 Å². The van der Waals surface area contributed by atoms with Gasteiger partial charge in [0, 0.05) is 18.8 Å². The van der Waals surface area contributed by atoms with E-state index in [4.69, 9.17) is 9.15 Å². The van der Waals surface area contributed by atoms with Crippen molar-refractivity contribution in [2.45, 2.75) is 25.8 Å². The minimum absolute atomic E-state index is 0.270. The van der Waals surface area contributed by atoms with Crippen molar-refractivity contribution in [3.63, 3.8) is 0 Å². The number of amides is 2. The first-order chi connectivity index (χ1) is 11.6. The van der Waals surface area contributed by atoms with Crippen LogP contribution in [-0.4, -0.2) is 43.6 Å². The minimum Gasteiger partial charge on any atom is -0.467 e. The van der Waals surface area contributed by atoms with Crippen molar-refractivity contribution in [2.75, 3.05) is 26.7 Å². The Morgan fingerprint density at radius 1 is 1.46 bits per heavy atom. The number of nitrogens with zero attached hydrogens (tertiary/aromatic N) is 1. The van der Waals surface area contributed by atoms with E-state index in [9.17, 15) is 9.59 Å². The lowest BCUT2D eigenvalue weighted by molar-refractivity contribution is -0.139. The molecular weight excluding hydrogens is 310 g/mol. The van der Waals surface area contributed by atoms with Crippen LogP contribution in [-0.2, 0) is 9.53 Å². The fraction of sp³-hybridized carbons (Fsp3) is 0.529. The standard InChI is InChI=1S/C17H23N3O4/c1-3-23-16(21)14-12(10-20(2)9-11-6-7-11)18-17(22)19-15(14)13-5-4-8-24-13/h4-5,8,11,15H,3,6-7,9-10H2,1-2H3,(H2,18,19,22). The van der Waals surface area contributed by atoms with Crippen LogP contribution in [0.25, 0.3) is 0 Å². The number of furan rings is 1. The molecule has 130 valence electrons. The first kappa shape index (κ1) is 16.6. The number of hydrogen-bond acceptors (Lipinski definition) is 5. The van der Waals surface area contributed by atoms with Gasteiger partial charge in [0.1, 0.15) is 11.8 Å². The summed E-state index contributed by atoms with van der Waals surface area (Å²) in [6.45, 7) is 3.46. The van der Waals surface area contributed by atoms with E-state index in [1.54, 1.807) is 19.1 Å². The van der Waals surface area contributed by atoms with E-state index in [0.29, 0.717) is 23.6 Å². The van der Waals surface area contributed by atoms with Crippen LogP contribution in [0.5, 0.6) is 0 Å². The molecular formula is C17H23N3O4. The van der Waals surface area contributed by atoms with Gasteiger partial charge in [-0.25, -0.2) is 9.59 Å². The number of likely N-dealkylation sites (N-methyl/N-ethyl adjacent to an activating group) is 1. The van der Waals surface area contributed by atoms with Crippen molar-refractivity contribution in [3.8, 4) is 0 Å². The topological polar surface area (TPSA) is 83.8 Å². The maximum atomic E-state index is 12.5. The second-order valence-electron chi connectivity index (χ2n) is 6.30. The highest BCUT2D eigenvalue weighted by Crippen LogP contribution is 2.31. The summed E-state index contributed by atoms with van der Waals surface area (Å²) in [7, 11) is 1.99. The SMILES string of the molecule is CCOC(=O)C1=C(CN(C)CC2CC2)NC(=O)NC1c1ccco1. The van der Waals surface area contributed by atoms with E-state index in [1.807, 2.05) is 7.05 Å². The molecule has 1 atom stereocenters. The number of carbonyl (C=O) groups is 2. The molecule has 0 bridgehead atoms. The summed E-state index contributed by atoms with van der Waals surface area (Å²) in [5.74, 6) is 0.788. The fourth-order valence-corrected chi connectivity index (χ4v) is 2.94. The number of esters is 1. The highest BCUT2D eigenvalue weighted by Gasteiger charge is 2.36. The normalized spacial score (nSPS) is 20.8. The van der Waals surface area contributed by atoms with Gasteiger partial charge < -0.3 is 24.7 Å². The van der Waals surface area contributed by atoms with Crippen LogP contribution in [0.15, 0.2) is 34.1 Å². The molecule has 1 saturated carbocycles. The Morgan fingerprint density at radius 2 is 2.25 bits per heavy atom. The van der Waals surface area contributed by atoms with Crippen LogP contribution in [0.4, 0.5) is 4.79 Å². The summed E-state index contributed by atoms with van der Waals surface area (Å²) in [6.07, 6.45) is 4.01. The summed E-state index contributed by atoms with van der Waals surface area (Å²) in [6, 6.07) is 2.48. The average molecular weight is 333 g/mol. The lowest BCUT2D eigenvalue weighted by Gasteiger charge is -2.30. The Hall–Kier alpha value is -2.28. The Morgan fingerprint density at radius 3 is 2.88 bits per heavy atom. The fourth-order valence-electron chi connectivity index (χ4n) is 2.94. The van der Waals surface area contributed by atoms with Crippen molar-refractivity contribution < 1.29 is 18.7 Å². The maximum Gasteiger partial charge on any atom is 0.338 e.